The number of amides is 1. The lowest BCUT2D eigenvalue weighted by Gasteiger charge is -2.32. The fourth-order valence-electron chi connectivity index (χ4n) is 2.56. The van der Waals surface area contributed by atoms with E-state index in [-0.39, 0.29) is 5.91 Å². The SMILES string of the molecule is CCC1CCCN(CCCCCC(=O)NN)C1. The van der Waals surface area contributed by atoms with Crippen LogP contribution in [0.15, 0.2) is 0 Å². The topological polar surface area (TPSA) is 58.4 Å². The predicted octanol–water partition coefficient (Wildman–Crippen LogP) is 1.66. The molecule has 1 amide bonds. The summed E-state index contributed by atoms with van der Waals surface area (Å²) in [6, 6.07) is 0. The van der Waals surface area contributed by atoms with Crippen molar-refractivity contribution in [3.05, 3.63) is 0 Å². The summed E-state index contributed by atoms with van der Waals surface area (Å²) < 4.78 is 0. The standard InChI is InChI=1S/C13H27N3O/c1-2-12-7-6-10-16(11-12)9-5-3-4-8-13(17)15-14/h12H,2-11,14H2,1H3,(H,15,17). The number of nitrogens with two attached hydrogens (primary N) is 1. The van der Waals surface area contributed by atoms with Crippen molar-refractivity contribution in [3.63, 3.8) is 0 Å². The maximum Gasteiger partial charge on any atom is 0.233 e. The number of carbonyl (C=O) groups is 1. The van der Waals surface area contributed by atoms with Crippen molar-refractivity contribution in [2.45, 2.75) is 51.9 Å². The van der Waals surface area contributed by atoms with Gasteiger partial charge in [0.25, 0.3) is 0 Å². The van der Waals surface area contributed by atoms with E-state index < -0.39 is 0 Å². The molecule has 3 N–H and O–H groups in total. The van der Waals surface area contributed by atoms with Gasteiger partial charge in [-0.15, -0.1) is 0 Å². The molecule has 4 heteroatoms. The molecule has 0 spiro atoms. The zero-order valence-corrected chi connectivity index (χ0v) is 11.1. The molecule has 4 nitrogen and oxygen atoms in total. The molecular weight excluding hydrogens is 214 g/mol. The number of nitrogens with one attached hydrogen (secondary N) is 1. The minimum atomic E-state index is -0.0472. The van der Waals surface area contributed by atoms with Gasteiger partial charge >= 0.3 is 0 Å². The highest BCUT2D eigenvalue weighted by Crippen LogP contribution is 2.19. The van der Waals surface area contributed by atoms with Gasteiger partial charge in [-0.1, -0.05) is 19.8 Å². The van der Waals surface area contributed by atoms with Gasteiger partial charge in [0, 0.05) is 13.0 Å². The number of rotatable bonds is 7. The molecule has 1 heterocycles. The smallest absolute Gasteiger partial charge is 0.233 e. The number of unbranched alkanes of at least 4 members (excludes halogenated alkanes) is 2. The second-order valence-corrected chi connectivity index (χ2v) is 5.10. The van der Waals surface area contributed by atoms with Crippen molar-refractivity contribution in [2.24, 2.45) is 11.8 Å². The van der Waals surface area contributed by atoms with E-state index in [2.05, 4.69) is 17.2 Å². The second kappa shape index (κ2) is 8.48. The molecule has 17 heavy (non-hydrogen) atoms. The maximum absolute atomic E-state index is 10.9. The molecule has 0 radical (unpaired) electrons. The van der Waals surface area contributed by atoms with E-state index in [1.165, 1.54) is 45.3 Å². The molecule has 1 rings (SSSR count). The van der Waals surface area contributed by atoms with Gasteiger partial charge in [0.05, 0.1) is 0 Å². The molecule has 1 unspecified atom stereocenters. The Morgan fingerprint density at radius 1 is 1.41 bits per heavy atom. The Labute approximate surface area is 105 Å². The van der Waals surface area contributed by atoms with Gasteiger partial charge < -0.3 is 4.90 Å². The Kier molecular flexibility index (Phi) is 7.21. The fraction of sp³-hybridized carbons (Fsp3) is 0.923. The highest BCUT2D eigenvalue weighted by molar-refractivity contribution is 5.74. The molecule has 0 bridgehead atoms. The van der Waals surface area contributed by atoms with Crippen LogP contribution in [0.3, 0.4) is 0 Å². The second-order valence-electron chi connectivity index (χ2n) is 5.10. The van der Waals surface area contributed by atoms with Gasteiger partial charge in [0.2, 0.25) is 5.91 Å². The van der Waals surface area contributed by atoms with Crippen molar-refractivity contribution in [3.8, 4) is 0 Å². The Morgan fingerprint density at radius 3 is 2.94 bits per heavy atom. The highest BCUT2D eigenvalue weighted by atomic mass is 16.2. The van der Waals surface area contributed by atoms with E-state index in [0.717, 1.165) is 18.8 Å². The maximum atomic E-state index is 10.9. The first-order valence-corrected chi connectivity index (χ1v) is 6.98. The predicted molar refractivity (Wildman–Crippen MR) is 70.3 cm³/mol. The minimum Gasteiger partial charge on any atom is -0.303 e. The van der Waals surface area contributed by atoms with Crippen LogP contribution in [0.4, 0.5) is 0 Å². The average molecular weight is 241 g/mol. The molecule has 0 aliphatic carbocycles. The molecule has 1 atom stereocenters. The number of hydrogen-bond acceptors (Lipinski definition) is 3. The zero-order valence-electron chi connectivity index (χ0n) is 11.1. The van der Waals surface area contributed by atoms with Crippen molar-refractivity contribution >= 4 is 5.91 Å². The van der Waals surface area contributed by atoms with Crippen LogP contribution in [0.2, 0.25) is 0 Å². The van der Waals surface area contributed by atoms with Gasteiger partial charge in [-0.2, -0.15) is 0 Å². The lowest BCUT2D eigenvalue weighted by atomic mass is 9.95. The van der Waals surface area contributed by atoms with E-state index in [1.807, 2.05) is 0 Å². The first-order chi connectivity index (χ1) is 8.26. The zero-order chi connectivity index (χ0) is 12.5. The van der Waals surface area contributed by atoms with Gasteiger partial charge in [0.15, 0.2) is 0 Å². The molecule has 0 saturated carbocycles. The van der Waals surface area contributed by atoms with Crippen molar-refractivity contribution in [2.75, 3.05) is 19.6 Å². The summed E-state index contributed by atoms with van der Waals surface area (Å²) in [4.78, 5) is 13.5. The van der Waals surface area contributed by atoms with E-state index in [0.29, 0.717) is 6.42 Å². The van der Waals surface area contributed by atoms with E-state index in [1.54, 1.807) is 0 Å². The summed E-state index contributed by atoms with van der Waals surface area (Å²) >= 11 is 0. The first-order valence-electron chi connectivity index (χ1n) is 6.98. The Hall–Kier alpha value is -0.610. The van der Waals surface area contributed by atoms with Crippen LogP contribution >= 0.6 is 0 Å². The molecule has 0 aromatic carbocycles. The molecule has 0 aromatic heterocycles. The number of nitrogens with zero attached hydrogens (tertiary/aromatic N) is 1. The third-order valence-corrected chi connectivity index (χ3v) is 3.72. The third kappa shape index (κ3) is 6.03. The first kappa shape index (κ1) is 14.5. The Balaban J connectivity index is 2.00. The average Bonchev–Trinajstić information content (AvgIpc) is 2.38. The number of carbonyl (C=O) groups excluding carboxylic acids is 1. The number of hydrazine groups is 1. The van der Waals surface area contributed by atoms with Crippen LogP contribution in [0.5, 0.6) is 0 Å². The quantitative estimate of drug-likeness (QED) is 0.308. The van der Waals surface area contributed by atoms with E-state index in [9.17, 15) is 4.79 Å². The number of likely N-dealkylation sites (tertiary alicyclic amines) is 1. The molecular formula is C13H27N3O. The van der Waals surface area contributed by atoms with Crippen LogP contribution < -0.4 is 11.3 Å². The summed E-state index contributed by atoms with van der Waals surface area (Å²) in [7, 11) is 0. The van der Waals surface area contributed by atoms with Crippen LogP contribution in [-0.2, 0) is 4.79 Å². The van der Waals surface area contributed by atoms with Crippen LogP contribution in [0, 0.1) is 5.92 Å². The molecule has 1 aliphatic heterocycles. The molecule has 100 valence electrons. The van der Waals surface area contributed by atoms with Gasteiger partial charge in [0.1, 0.15) is 0 Å². The minimum absolute atomic E-state index is 0.0472. The van der Waals surface area contributed by atoms with Crippen molar-refractivity contribution in [1.82, 2.24) is 10.3 Å². The number of hydrogen-bond donors (Lipinski definition) is 2. The van der Waals surface area contributed by atoms with E-state index >= 15 is 0 Å². The Bertz CT molecular complexity index is 221. The summed E-state index contributed by atoms with van der Waals surface area (Å²) in [5.74, 6) is 5.89. The Morgan fingerprint density at radius 2 is 2.24 bits per heavy atom. The summed E-state index contributed by atoms with van der Waals surface area (Å²) in [5, 5.41) is 0. The largest absolute Gasteiger partial charge is 0.303 e. The van der Waals surface area contributed by atoms with Gasteiger partial charge in [-0.3, -0.25) is 10.2 Å². The number of piperidine rings is 1. The van der Waals surface area contributed by atoms with Crippen LogP contribution in [0.25, 0.3) is 0 Å². The summed E-state index contributed by atoms with van der Waals surface area (Å²) in [5.41, 5.74) is 2.17. The summed E-state index contributed by atoms with van der Waals surface area (Å²) in [6.07, 6.45) is 7.92. The fourth-order valence-corrected chi connectivity index (χ4v) is 2.56. The monoisotopic (exact) mass is 241 g/mol. The molecule has 1 fully saturated rings. The normalized spacial score (nSPS) is 21.4. The van der Waals surface area contributed by atoms with Crippen LogP contribution in [0.1, 0.15) is 51.9 Å². The summed E-state index contributed by atoms with van der Waals surface area (Å²) in [6.45, 7) is 6.03. The highest BCUT2D eigenvalue weighted by Gasteiger charge is 2.17. The van der Waals surface area contributed by atoms with E-state index in [4.69, 9.17) is 5.84 Å². The molecule has 1 aliphatic rings. The van der Waals surface area contributed by atoms with Crippen molar-refractivity contribution < 1.29 is 4.79 Å². The van der Waals surface area contributed by atoms with Crippen molar-refractivity contribution in [1.29, 1.82) is 0 Å². The lowest BCUT2D eigenvalue weighted by Crippen LogP contribution is -2.35. The van der Waals surface area contributed by atoms with Crippen LogP contribution in [-0.4, -0.2) is 30.4 Å². The lowest BCUT2D eigenvalue weighted by molar-refractivity contribution is -0.121. The molecule has 1 saturated heterocycles. The van der Waals surface area contributed by atoms with Gasteiger partial charge in [-0.05, 0) is 44.7 Å². The molecule has 0 aromatic rings. The third-order valence-electron chi connectivity index (χ3n) is 3.72. The van der Waals surface area contributed by atoms with Gasteiger partial charge in [-0.25, -0.2) is 5.84 Å².